The standard InChI is InChI=1S/C15H14O3/c1-18-14(17)13(16)15(10-6-3-7-11-15)12-8-4-2-5-9-12/h2-10H,11H2,1H3. The molecule has 0 saturated carbocycles. The minimum atomic E-state index is -0.927. The molecule has 0 spiro atoms. The molecule has 0 aliphatic heterocycles. The van der Waals surface area contributed by atoms with Gasteiger partial charge < -0.3 is 4.74 Å². The van der Waals surface area contributed by atoms with Gasteiger partial charge in [-0.25, -0.2) is 4.79 Å². The summed E-state index contributed by atoms with van der Waals surface area (Å²) >= 11 is 0. The zero-order chi connectivity index (χ0) is 13.0. The summed E-state index contributed by atoms with van der Waals surface area (Å²) in [5.41, 5.74) is -0.121. The number of hydrogen-bond donors (Lipinski definition) is 0. The zero-order valence-corrected chi connectivity index (χ0v) is 10.1. The van der Waals surface area contributed by atoms with Gasteiger partial charge in [0.2, 0.25) is 0 Å². The molecule has 0 saturated heterocycles. The third-order valence-electron chi connectivity index (χ3n) is 3.13. The second kappa shape index (κ2) is 5.00. The molecule has 0 fully saturated rings. The van der Waals surface area contributed by atoms with Crippen molar-refractivity contribution in [2.75, 3.05) is 7.11 Å². The van der Waals surface area contributed by atoms with Crippen molar-refractivity contribution < 1.29 is 14.3 Å². The molecule has 1 aromatic carbocycles. The van der Waals surface area contributed by atoms with Crippen molar-refractivity contribution in [1.82, 2.24) is 0 Å². The highest BCUT2D eigenvalue weighted by atomic mass is 16.5. The van der Waals surface area contributed by atoms with Crippen LogP contribution in [0.5, 0.6) is 0 Å². The number of allylic oxidation sites excluding steroid dienone is 4. The molecule has 0 aromatic heterocycles. The molecule has 0 N–H and O–H groups in total. The van der Waals surface area contributed by atoms with Gasteiger partial charge in [-0.2, -0.15) is 0 Å². The predicted octanol–water partition coefficient (Wildman–Crippen LogP) is 2.18. The summed E-state index contributed by atoms with van der Waals surface area (Å²) in [7, 11) is 1.22. The van der Waals surface area contributed by atoms with Crippen LogP contribution in [0.3, 0.4) is 0 Å². The van der Waals surface area contributed by atoms with E-state index in [-0.39, 0.29) is 0 Å². The van der Waals surface area contributed by atoms with Crippen LogP contribution < -0.4 is 0 Å². The van der Waals surface area contributed by atoms with E-state index in [0.717, 1.165) is 5.56 Å². The Labute approximate surface area is 106 Å². The van der Waals surface area contributed by atoms with Crippen molar-refractivity contribution in [2.24, 2.45) is 0 Å². The average Bonchev–Trinajstić information content (AvgIpc) is 2.47. The Hall–Kier alpha value is -2.16. The number of esters is 1. The van der Waals surface area contributed by atoms with Gasteiger partial charge in [-0.15, -0.1) is 0 Å². The van der Waals surface area contributed by atoms with Gasteiger partial charge in [0.05, 0.1) is 12.5 Å². The Bertz CT molecular complexity index is 514. The Morgan fingerprint density at radius 1 is 1.17 bits per heavy atom. The molecule has 18 heavy (non-hydrogen) atoms. The Morgan fingerprint density at radius 2 is 1.89 bits per heavy atom. The van der Waals surface area contributed by atoms with Crippen molar-refractivity contribution in [3.8, 4) is 0 Å². The maximum Gasteiger partial charge on any atom is 0.375 e. The van der Waals surface area contributed by atoms with E-state index in [0.29, 0.717) is 6.42 Å². The second-order valence-corrected chi connectivity index (χ2v) is 4.15. The fraction of sp³-hybridized carbons (Fsp3) is 0.200. The van der Waals surface area contributed by atoms with Gasteiger partial charge in [0.15, 0.2) is 0 Å². The van der Waals surface area contributed by atoms with Crippen LogP contribution in [0, 0.1) is 0 Å². The van der Waals surface area contributed by atoms with Crippen molar-refractivity contribution in [3.05, 3.63) is 60.2 Å². The Morgan fingerprint density at radius 3 is 2.44 bits per heavy atom. The lowest BCUT2D eigenvalue weighted by molar-refractivity contribution is -0.153. The molecular weight excluding hydrogens is 228 g/mol. The van der Waals surface area contributed by atoms with Crippen LogP contribution in [-0.2, 0) is 19.7 Å². The van der Waals surface area contributed by atoms with Crippen LogP contribution in [-0.4, -0.2) is 18.9 Å². The minimum Gasteiger partial charge on any atom is -0.463 e. The first-order valence-electron chi connectivity index (χ1n) is 5.73. The number of methoxy groups -OCH3 is 1. The van der Waals surface area contributed by atoms with Crippen LogP contribution in [0.4, 0.5) is 0 Å². The van der Waals surface area contributed by atoms with E-state index >= 15 is 0 Å². The van der Waals surface area contributed by atoms with Gasteiger partial charge in [-0.1, -0.05) is 54.6 Å². The third-order valence-corrected chi connectivity index (χ3v) is 3.13. The van der Waals surface area contributed by atoms with Crippen molar-refractivity contribution in [3.63, 3.8) is 0 Å². The molecule has 0 heterocycles. The van der Waals surface area contributed by atoms with Gasteiger partial charge in [0.1, 0.15) is 0 Å². The van der Waals surface area contributed by atoms with Crippen molar-refractivity contribution >= 4 is 11.8 Å². The van der Waals surface area contributed by atoms with E-state index < -0.39 is 17.2 Å². The summed E-state index contributed by atoms with van der Waals surface area (Å²) < 4.78 is 4.57. The summed E-state index contributed by atoms with van der Waals surface area (Å²) in [4.78, 5) is 23.9. The number of carbonyl (C=O) groups is 2. The fourth-order valence-corrected chi connectivity index (χ4v) is 2.14. The van der Waals surface area contributed by atoms with E-state index in [2.05, 4.69) is 4.74 Å². The largest absolute Gasteiger partial charge is 0.463 e. The van der Waals surface area contributed by atoms with E-state index in [1.165, 1.54) is 7.11 Å². The molecule has 0 radical (unpaired) electrons. The molecule has 1 unspecified atom stereocenters. The summed E-state index contributed by atoms with van der Waals surface area (Å²) in [5.74, 6) is -1.34. The van der Waals surface area contributed by atoms with E-state index in [1.54, 1.807) is 12.2 Å². The first-order chi connectivity index (χ1) is 8.70. The van der Waals surface area contributed by atoms with Crippen LogP contribution in [0.1, 0.15) is 12.0 Å². The lowest BCUT2D eigenvalue weighted by Crippen LogP contribution is -2.40. The maximum atomic E-state index is 12.3. The van der Waals surface area contributed by atoms with Crippen molar-refractivity contribution in [1.29, 1.82) is 0 Å². The first kappa shape index (κ1) is 12.3. The van der Waals surface area contributed by atoms with Gasteiger partial charge in [-0.05, 0) is 12.0 Å². The van der Waals surface area contributed by atoms with Crippen molar-refractivity contribution in [2.45, 2.75) is 11.8 Å². The summed E-state index contributed by atoms with van der Waals surface area (Å²) in [6.45, 7) is 0. The Kier molecular flexibility index (Phi) is 3.42. The zero-order valence-electron chi connectivity index (χ0n) is 10.1. The van der Waals surface area contributed by atoms with E-state index in [9.17, 15) is 9.59 Å². The quantitative estimate of drug-likeness (QED) is 0.602. The topological polar surface area (TPSA) is 43.4 Å². The summed E-state index contributed by atoms with van der Waals surface area (Å²) in [6.07, 6.45) is 7.78. The van der Waals surface area contributed by atoms with E-state index in [4.69, 9.17) is 0 Å². The number of benzene rings is 1. The van der Waals surface area contributed by atoms with Crippen LogP contribution in [0.15, 0.2) is 54.6 Å². The fourth-order valence-electron chi connectivity index (χ4n) is 2.14. The normalized spacial score (nSPS) is 21.6. The summed E-state index contributed by atoms with van der Waals surface area (Å²) in [6, 6.07) is 9.29. The molecule has 1 aliphatic rings. The summed E-state index contributed by atoms with van der Waals surface area (Å²) in [5, 5.41) is 0. The highest BCUT2D eigenvalue weighted by molar-refractivity contribution is 6.38. The monoisotopic (exact) mass is 242 g/mol. The molecule has 1 aliphatic carbocycles. The van der Waals surface area contributed by atoms with Gasteiger partial charge in [0.25, 0.3) is 5.78 Å². The molecule has 1 aromatic rings. The smallest absolute Gasteiger partial charge is 0.375 e. The first-order valence-corrected chi connectivity index (χ1v) is 5.73. The lowest BCUT2D eigenvalue weighted by Gasteiger charge is -2.28. The molecule has 3 nitrogen and oxygen atoms in total. The molecule has 2 rings (SSSR count). The molecular formula is C15H14O3. The molecule has 1 atom stereocenters. The predicted molar refractivity (Wildman–Crippen MR) is 68.0 cm³/mol. The number of rotatable bonds is 3. The second-order valence-electron chi connectivity index (χ2n) is 4.15. The SMILES string of the molecule is COC(=O)C(=O)C1(c2ccccc2)C=CC=CC1. The number of Topliss-reactive ketones (excluding diaryl/α,β-unsaturated/α-hetero) is 1. The van der Waals surface area contributed by atoms with Crippen LogP contribution >= 0.6 is 0 Å². The molecule has 3 heteroatoms. The van der Waals surface area contributed by atoms with Gasteiger partial charge in [0, 0.05) is 0 Å². The van der Waals surface area contributed by atoms with Crippen LogP contribution in [0.25, 0.3) is 0 Å². The minimum absolute atomic E-state index is 0.474. The number of ketones is 1. The Balaban J connectivity index is 2.49. The molecule has 0 bridgehead atoms. The third kappa shape index (κ3) is 1.99. The number of carbonyl (C=O) groups excluding carboxylic acids is 2. The highest BCUT2D eigenvalue weighted by Crippen LogP contribution is 2.34. The number of ether oxygens (including phenoxy) is 1. The molecule has 0 amide bonds. The highest BCUT2D eigenvalue weighted by Gasteiger charge is 2.41. The average molecular weight is 242 g/mol. The maximum absolute atomic E-state index is 12.3. The van der Waals surface area contributed by atoms with Crippen LogP contribution in [0.2, 0.25) is 0 Å². The van der Waals surface area contributed by atoms with Gasteiger partial charge >= 0.3 is 5.97 Å². The van der Waals surface area contributed by atoms with Gasteiger partial charge in [-0.3, -0.25) is 4.79 Å². The number of hydrogen-bond acceptors (Lipinski definition) is 3. The lowest BCUT2D eigenvalue weighted by atomic mass is 9.72. The van der Waals surface area contributed by atoms with E-state index in [1.807, 2.05) is 42.5 Å². The molecule has 92 valence electrons.